The molecule has 2 heterocycles. The molecule has 2 fully saturated rings. The molecule has 2 saturated heterocycles. The summed E-state index contributed by atoms with van der Waals surface area (Å²) >= 11 is 0. The summed E-state index contributed by atoms with van der Waals surface area (Å²) in [6, 6.07) is 0. The average molecular weight is 198 g/mol. The average Bonchev–Trinajstić information content (AvgIpc) is 2.48. The number of nitrogens with one attached hydrogen (secondary N) is 1. The lowest BCUT2D eigenvalue weighted by Crippen LogP contribution is -2.37. The highest BCUT2D eigenvalue weighted by Gasteiger charge is 2.18. The van der Waals surface area contributed by atoms with Crippen molar-refractivity contribution in [1.29, 1.82) is 0 Å². The summed E-state index contributed by atoms with van der Waals surface area (Å²) in [5.74, 6) is 0. The standard InChI is InChI=1S/C11H22N2O/c1-2-9-14-11(4-1)10-13-7-3-5-12-6-8-13/h11-12H,1-10H2. The van der Waals surface area contributed by atoms with E-state index in [1.165, 1.54) is 45.3 Å². The molecule has 0 aromatic carbocycles. The third-order valence-electron chi connectivity index (χ3n) is 3.17. The van der Waals surface area contributed by atoms with Crippen LogP contribution in [0, 0.1) is 0 Å². The quantitative estimate of drug-likeness (QED) is 0.712. The summed E-state index contributed by atoms with van der Waals surface area (Å²) in [6.45, 7) is 6.90. The summed E-state index contributed by atoms with van der Waals surface area (Å²) in [4.78, 5) is 2.55. The van der Waals surface area contributed by atoms with Crippen LogP contribution in [0.15, 0.2) is 0 Å². The van der Waals surface area contributed by atoms with Gasteiger partial charge in [-0.05, 0) is 38.8 Å². The maximum Gasteiger partial charge on any atom is 0.0702 e. The Balaban J connectivity index is 1.71. The van der Waals surface area contributed by atoms with Crippen LogP contribution in [0.5, 0.6) is 0 Å². The second kappa shape index (κ2) is 5.69. The van der Waals surface area contributed by atoms with E-state index in [2.05, 4.69) is 10.2 Å². The molecule has 3 heteroatoms. The first-order valence-electron chi connectivity index (χ1n) is 6.00. The van der Waals surface area contributed by atoms with Crippen LogP contribution >= 0.6 is 0 Å². The predicted octanol–water partition coefficient (Wildman–Crippen LogP) is 0.851. The van der Waals surface area contributed by atoms with E-state index in [9.17, 15) is 0 Å². The molecule has 82 valence electrons. The fourth-order valence-corrected chi connectivity index (χ4v) is 2.32. The van der Waals surface area contributed by atoms with Crippen LogP contribution in [0.1, 0.15) is 25.7 Å². The molecule has 3 nitrogen and oxygen atoms in total. The monoisotopic (exact) mass is 198 g/mol. The Bertz CT molecular complexity index is 149. The molecular formula is C11H22N2O. The Morgan fingerprint density at radius 3 is 3.00 bits per heavy atom. The summed E-state index contributed by atoms with van der Waals surface area (Å²) in [5.41, 5.74) is 0. The van der Waals surface area contributed by atoms with Crippen LogP contribution in [0.3, 0.4) is 0 Å². The predicted molar refractivity (Wildman–Crippen MR) is 57.5 cm³/mol. The third-order valence-corrected chi connectivity index (χ3v) is 3.17. The van der Waals surface area contributed by atoms with Crippen LogP contribution < -0.4 is 5.32 Å². The topological polar surface area (TPSA) is 24.5 Å². The van der Waals surface area contributed by atoms with Gasteiger partial charge in [0.15, 0.2) is 0 Å². The SMILES string of the molecule is C1CCC(CN2CCCNCC2)OC1. The van der Waals surface area contributed by atoms with Crippen molar-refractivity contribution in [3.05, 3.63) is 0 Å². The van der Waals surface area contributed by atoms with E-state index in [1.54, 1.807) is 0 Å². The molecule has 0 bridgehead atoms. The fourth-order valence-electron chi connectivity index (χ4n) is 2.32. The lowest BCUT2D eigenvalue weighted by Gasteiger charge is -2.28. The Labute approximate surface area is 86.8 Å². The van der Waals surface area contributed by atoms with Crippen molar-refractivity contribution < 1.29 is 4.74 Å². The smallest absolute Gasteiger partial charge is 0.0702 e. The summed E-state index contributed by atoms with van der Waals surface area (Å²) in [6.07, 6.45) is 5.69. The van der Waals surface area contributed by atoms with E-state index in [0.29, 0.717) is 6.10 Å². The fraction of sp³-hybridized carbons (Fsp3) is 1.00. The zero-order valence-electron chi connectivity index (χ0n) is 9.00. The second-order valence-electron chi connectivity index (χ2n) is 4.39. The molecule has 0 aromatic rings. The van der Waals surface area contributed by atoms with E-state index >= 15 is 0 Å². The van der Waals surface area contributed by atoms with Crippen molar-refractivity contribution in [2.45, 2.75) is 31.8 Å². The minimum atomic E-state index is 0.516. The van der Waals surface area contributed by atoms with Crippen molar-refractivity contribution in [3.63, 3.8) is 0 Å². The van der Waals surface area contributed by atoms with E-state index in [-0.39, 0.29) is 0 Å². The Morgan fingerprint density at radius 1 is 1.14 bits per heavy atom. The van der Waals surface area contributed by atoms with Gasteiger partial charge in [-0.25, -0.2) is 0 Å². The maximum atomic E-state index is 5.76. The summed E-state index contributed by atoms with van der Waals surface area (Å²) < 4.78 is 5.76. The van der Waals surface area contributed by atoms with Crippen molar-refractivity contribution in [1.82, 2.24) is 10.2 Å². The molecule has 0 aromatic heterocycles. The van der Waals surface area contributed by atoms with Crippen LogP contribution in [-0.4, -0.2) is 50.3 Å². The number of hydrogen-bond acceptors (Lipinski definition) is 3. The highest BCUT2D eigenvalue weighted by atomic mass is 16.5. The van der Waals surface area contributed by atoms with E-state index in [0.717, 1.165) is 19.7 Å². The number of nitrogens with zero attached hydrogens (tertiary/aromatic N) is 1. The van der Waals surface area contributed by atoms with Crippen LogP contribution in [0.4, 0.5) is 0 Å². The number of ether oxygens (including phenoxy) is 1. The largest absolute Gasteiger partial charge is 0.377 e. The van der Waals surface area contributed by atoms with Gasteiger partial charge in [0.2, 0.25) is 0 Å². The Hall–Kier alpha value is -0.120. The van der Waals surface area contributed by atoms with Gasteiger partial charge in [-0.2, -0.15) is 0 Å². The van der Waals surface area contributed by atoms with Gasteiger partial charge in [0.25, 0.3) is 0 Å². The molecule has 0 saturated carbocycles. The van der Waals surface area contributed by atoms with Crippen molar-refractivity contribution in [3.8, 4) is 0 Å². The van der Waals surface area contributed by atoms with Gasteiger partial charge in [0, 0.05) is 26.2 Å². The molecular weight excluding hydrogens is 176 g/mol. The van der Waals surface area contributed by atoms with Gasteiger partial charge < -0.3 is 10.1 Å². The lowest BCUT2D eigenvalue weighted by atomic mass is 10.1. The molecule has 1 N–H and O–H groups in total. The molecule has 2 aliphatic heterocycles. The third kappa shape index (κ3) is 3.23. The van der Waals surface area contributed by atoms with Crippen molar-refractivity contribution in [2.75, 3.05) is 39.3 Å². The van der Waals surface area contributed by atoms with Crippen LogP contribution in [0.2, 0.25) is 0 Å². The van der Waals surface area contributed by atoms with Crippen LogP contribution in [-0.2, 0) is 4.74 Å². The molecule has 1 unspecified atom stereocenters. The number of hydrogen-bond donors (Lipinski definition) is 1. The molecule has 2 rings (SSSR count). The highest BCUT2D eigenvalue weighted by molar-refractivity contribution is 4.72. The molecule has 0 spiro atoms. The molecule has 0 amide bonds. The van der Waals surface area contributed by atoms with Gasteiger partial charge in [-0.15, -0.1) is 0 Å². The van der Waals surface area contributed by atoms with Crippen LogP contribution in [0.25, 0.3) is 0 Å². The minimum Gasteiger partial charge on any atom is -0.377 e. The van der Waals surface area contributed by atoms with Gasteiger partial charge in [-0.3, -0.25) is 4.90 Å². The summed E-state index contributed by atoms with van der Waals surface area (Å²) in [7, 11) is 0. The normalized spacial score (nSPS) is 31.3. The summed E-state index contributed by atoms with van der Waals surface area (Å²) in [5, 5.41) is 3.43. The van der Waals surface area contributed by atoms with E-state index < -0.39 is 0 Å². The highest BCUT2D eigenvalue weighted by Crippen LogP contribution is 2.14. The van der Waals surface area contributed by atoms with Gasteiger partial charge in [0.1, 0.15) is 0 Å². The van der Waals surface area contributed by atoms with E-state index in [1.807, 2.05) is 0 Å². The van der Waals surface area contributed by atoms with Gasteiger partial charge >= 0.3 is 0 Å². The molecule has 1 atom stereocenters. The lowest BCUT2D eigenvalue weighted by molar-refractivity contribution is -0.00459. The van der Waals surface area contributed by atoms with Crippen molar-refractivity contribution in [2.24, 2.45) is 0 Å². The first-order chi connectivity index (χ1) is 6.95. The van der Waals surface area contributed by atoms with Gasteiger partial charge in [0.05, 0.1) is 6.10 Å². The molecule has 14 heavy (non-hydrogen) atoms. The Kier molecular flexibility index (Phi) is 4.22. The zero-order valence-corrected chi connectivity index (χ0v) is 9.00. The number of rotatable bonds is 2. The van der Waals surface area contributed by atoms with E-state index in [4.69, 9.17) is 4.74 Å². The molecule has 0 aliphatic carbocycles. The first kappa shape index (κ1) is 10.4. The molecule has 2 aliphatic rings. The zero-order chi connectivity index (χ0) is 9.64. The first-order valence-corrected chi connectivity index (χ1v) is 6.00. The van der Waals surface area contributed by atoms with Crippen molar-refractivity contribution >= 4 is 0 Å². The second-order valence-corrected chi connectivity index (χ2v) is 4.39. The molecule has 0 radical (unpaired) electrons. The van der Waals surface area contributed by atoms with Gasteiger partial charge in [-0.1, -0.05) is 0 Å². The minimum absolute atomic E-state index is 0.516. The maximum absolute atomic E-state index is 5.76. The Morgan fingerprint density at radius 2 is 2.14 bits per heavy atom.